The molecule has 1 N–H and O–H groups in total. The molecule has 136 valence electrons. The molecule has 2 rings (SSSR count). The zero-order valence-corrected chi connectivity index (χ0v) is 15.6. The summed E-state index contributed by atoms with van der Waals surface area (Å²) in [6, 6.07) is 15.8. The molecule has 0 aliphatic rings. The van der Waals surface area contributed by atoms with E-state index in [0.29, 0.717) is 23.4 Å². The van der Waals surface area contributed by atoms with Gasteiger partial charge in [-0.3, -0.25) is 9.10 Å². The van der Waals surface area contributed by atoms with Crippen LogP contribution in [0.3, 0.4) is 0 Å². The third-order valence-corrected chi connectivity index (χ3v) is 5.04. The highest BCUT2D eigenvalue weighted by Crippen LogP contribution is 2.23. The number of nitriles is 1. The zero-order chi connectivity index (χ0) is 19.2. The van der Waals surface area contributed by atoms with Gasteiger partial charge in [-0.1, -0.05) is 31.2 Å². The maximum Gasteiger partial charge on any atom is 0.232 e. The number of anilines is 2. The van der Waals surface area contributed by atoms with E-state index in [4.69, 9.17) is 5.26 Å². The Morgan fingerprint density at radius 3 is 2.58 bits per heavy atom. The van der Waals surface area contributed by atoms with E-state index in [1.54, 1.807) is 36.4 Å². The number of amides is 1. The molecule has 0 spiro atoms. The molecule has 0 bridgehead atoms. The van der Waals surface area contributed by atoms with E-state index in [9.17, 15) is 13.2 Å². The lowest BCUT2D eigenvalue weighted by Gasteiger charge is -2.24. The van der Waals surface area contributed by atoms with Gasteiger partial charge in [0.1, 0.15) is 0 Å². The standard InChI is InChI=1S/C19H21N3O3S/c1-3-16-8-4-5-10-18(16)22(26(2,24)25)12-11-19(23)21-17-9-6-7-15(13-17)14-20/h4-10,13H,3,11-12H2,1-2H3,(H,21,23). The summed E-state index contributed by atoms with van der Waals surface area (Å²) in [7, 11) is -3.52. The Bertz CT molecular complexity index is 933. The second-order valence-corrected chi connectivity index (χ2v) is 7.71. The smallest absolute Gasteiger partial charge is 0.232 e. The highest BCUT2D eigenvalue weighted by molar-refractivity contribution is 7.92. The minimum atomic E-state index is -3.52. The SMILES string of the molecule is CCc1ccccc1N(CCC(=O)Nc1cccc(C#N)c1)S(C)(=O)=O. The quantitative estimate of drug-likeness (QED) is 0.810. The summed E-state index contributed by atoms with van der Waals surface area (Å²) >= 11 is 0. The van der Waals surface area contributed by atoms with Crippen LogP contribution in [0, 0.1) is 11.3 Å². The Hall–Kier alpha value is -2.85. The van der Waals surface area contributed by atoms with Crippen molar-refractivity contribution in [2.24, 2.45) is 0 Å². The van der Waals surface area contributed by atoms with Crippen molar-refractivity contribution in [2.75, 3.05) is 22.4 Å². The van der Waals surface area contributed by atoms with Gasteiger partial charge in [-0.05, 0) is 36.2 Å². The predicted octanol–water partition coefficient (Wildman–Crippen LogP) is 2.92. The van der Waals surface area contributed by atoms with Crippen molar-refractivity contribution < 1.29 is 13.2 Å². The Kier molecular flexibility index (Phi) is 6.36. The Morgan fingerprint density at radius 2 is 1.92 bits per heavy atom. The molecule has 26 heavy (non-hydrogen) atoms. The molecule has 6 nitrogen and oxygen atoms in total. The van der Waals surface area contributed by atoms with Gasteiger partial charge in [0, 0.05) is 18.7 Å². The normalized spacial score (nSPS) is 10.8. The summed E-state index contributed by atoms with van der Waals surface area (Å²) in [5, 5.41) is 11.6. The lowest BCUT2D eigenvalue weighted by atomic mass is 10.1. The Balaban J connectivity index is 2.12. The van der Waals surface area contributed by atoms with Crippen LogP contribution in [0.5, 0.6) is 0 Å². The minimum absolute atomic E-state index is 0.00188. The van der Waals surface area contributed by atoms with E-state index in [2.05, 4.69) is 5.32 Å². The first kappa shape index (κ1) is 19.5. The molecule has 0 saturated heterocycles. The number of para-hydroxylation sites is 1. The van der Waals surface area contributed by atoms with Crippen LogP contribution in [0.1, 0.15) is 24.5 Å². The van der Waals surface area contributed by atoms with Crippen LogP contribution in [-0.4, -0.2) is 27.1 Å². The molecular formula is C19H21N3O3S. The number of carbonyl (C=O) groups excluding carboxylic acids is 1. The maximum absolute atomic E-state index is 12.2. The highest BCUT2D eigenvalue weighted by atomic mass is 32.2. The fourth-order valence-corrected chi connectivity index (χ4v) is 3.57. The summed E-state index contributed by atoms with van der Waals surface area (Å²) in [4.78, 5) is 12.2. The van der Waals surface area contributed by atoms with Gasteiger partial charge < -0.3 is 5.32 Å². The number of aryl methyl sites for hydroxylation is 1. The number of hydrogen-bond donors (Lipinski definition) is 1. The van der Waals surface area contributed by atoms with Crippen molar-refractivity contribution in [1.82, 2.24) is 0 Å². The van der Waals surface area contributed by atoms with E-state index in [0.717, 1.165) is 11.8 Å². The van der Waals surface area contributed by atoms with Crippen LogP contribution >= 0.6 is 0 Å². The first-order valence-electron chi connectivity index (χ1n) is 8.20. The molecule has 7 heteroatoms. The van der Waals surface area contributed by atoms with Crippen molar-refractivity contribution in [3.63, 3.8) is 0 Å². The molecule has 0 saturated carbocycles. The summed E-state index contributed by atoms with van der Waals surface area (Å²) in [6.07, 6.45) is 1.82. The van der Waals surface area contributed by atoms with Crippen molar-refractivity contribution in [3.8, 4) is 6.07 Å². The molecule has 2 aromatic carbocycles. The molecular weight excluding hydrogens is 350 g/mol. The molecule has 1 amide bonds. The number of carbonyl (C=O) groups is 1. The number of rotatable bonds is 7. The Labute approximate surface area is 154 Å². The van der Waals surface area contributed by atoms with Crippen LogP contribution in [0.15, 0.2) is 48.5 Å². The predicted molar refractivity (Wildman–Crippen MR) is 102 cm³/mol. The molecule has 0 unspecified atom stereocenters. The maximum atomic E-state index is 12.2. The van der Waals surface area contributed by atoms with Gasteiger partial charge in [0.05, 0.1) is 23.6 Å². The second kappa shape index (κ2) is 8.50. The van der Waals surface area contributed by atoms with Crippen molar-refractivity contribution in [2.45, 2.75) is 19.8 Å². The van der Waals surface area contributed by atoms with E-state index < -0.39 is 10.0 Å². The van der Waals surface area contributed by atoms with Crippen LogP contribution in [-0.2, 0) is 21.2 Å². The zero-order valence-electron chi connectivity index (χ0n) is 14.8. The summed E-state index contributed by atoms with van der Waals surface area (Å²) < 4.78 is 25.7. The van der Waals surface area contributed by atoms with Crippen LogP contribution in [0.2, 0.25) is 0 Å². The molecule has 0 atom stereocenters. The third-order valence-electron chi connectivity index (χ3n) is 3.86. The minimum Gasteiger partial charge on any atom is -0.326 e. The van der Waals surface area contributed by atoms with Crippen LogP contribution < -0.4 is 9.62 Å². The lowest BCUT2D eigenvalue weighted by Crippen LogP contribution is -2.33. The number of hydrogen-bond acceptors (Lipinski definition) is 4. The highest BCUT2D eigenvalue weighted by Gasteiger charge is 2.20. The molecule has 0 aliphatic heterocycles. The van der Waals surface area contributed by atoms with E-state index >= 15 is 0 Å². The topological polar surface area (TPSA) is 90.3 Å². The molecule has 2 aromatic rings. The summed E-state index contributed by atoms with van der Waals surface area (Å²) in [6.45, 7) is 1.99. The van der Waals surface area contributed by atoms with E-state index in [1.165, 1.54) is 4.31 Å². The summed E-state index contributed by atoms with van der Waals surface area (Å²) in [5.41, 5.74) is 2.45. The molecule has 0 aromatic heterocycles. The van der Waals surface area contributed by atoms with Gasteiger partial charge >= 0.3 is 0 Å². The largest absolute Gasteiger partial charge is 0.326 e. The lowest BCUT2D eigenvalue weighted by molar-refractivity contribution is -0.116. The van der Waals surface area contributed by atoms with Crippen molar-refractivity contribution >= 4 is 27.3 Å². The Morgan fingerprint density at radius 1 is 1.19 bits per heavy atom. The number of sulfonamides is 1. The molecule has 0 radical (unpaired) electrons. The van der Waals surface area contributed by atoms with Gasteiger partial charge in [0.25, 0.3) is 0 Å². The number of benzene rings is 2. The van der Waals surface area contributed by atoms with Gasteiger partial charge in [0.15, 0.2) is 0 Å². The summed E-state index contributed by atoms with van der Waals surface area (Å²) in [5.74, 6) is -0.317. The van der Waals surface area contributed by atoms with Gasteiger partial charge in [0.2, 0.25) is 15.9 Å². The molecule has 0 aliphatic carbocycles. The molecule has 0 heterocycles. The second-order valence-electron chi connectivity index (χ2n) is 5.81. The first-order valence-corrected chi connectivity index (χ1v) is 10.1. The van der Waals surface area contributed by atoms with Crippen LogP contribution in [0.25, 0.3) is 0 Å². The fraction of sp³-hybridized carbons (Fsp3) is 0.263. The van der Waals surface area contributed by atoms with E-state index in [1.807, 2.05) is 25.1 Å². The van der Waals surface area contributed by atoms with Crippen molar-refractivity contribution in [1.29, 1.82) is 5.26 Å². The monoisotopic (exact) mass is 371 g/mol. The average Bonchev–Trinajstić information content (AvgIpc) is 2.61. The first-order chi connectivity index (χ1) is 12.3. The van der Waals surface area contributed by atoms with Gasteiger partial charge in [-0.15, -0.1) is 0 Å². The van der Waals surface area contributed by atoms with Gasteiger partial charge in [-0.2, -0.15) is 5.26 Å². The fourth-order valence-electron chi connectivity index (χ4n) is 2.61. The third kappa shape index (κ3) is 5.07. The average molecular weight is 371 g/mol. The number of nitrogens with one attached hydrogen (secondary N) is 1. The molecule has 0 fully saturated rings. The van der Waals surface area contributed by atoms with Gasteiger partial charge in [-0.25, -0.2) is 8.42 Å². The van der Waals surface area contributed by atoms with Crippen LogP contribution in [0.4, 0.5) is 11.4 Å². The van der Waals surface area contributed by atoms with Crippen molar-refractivity contribution in [3.05, 3.63) is 59.7 Å². The van der Waals surface area contributed by atoms with E-state index in [-0.39, 0.29) is 18.9 Å². The number of nitrogens with zero attached hydrogens (tertiary/aromatic N) is 2.